The minimum Gasteiger partial charge on any atom is -0.373 e. The monoisotopic (exact) mass is 446 g/mol. The minimum absolute atomic E-state index is 0.0436. The van der Waals surface area contributed by atoms with Crippen molar-refractivity contribution in [1.29, 1.82) is 0 Å². The van der Waals surface area contributed by atoms with E-state index in [1.165, 1.54) is 0 Å². The molecule has 2 N–H and O–H groups in total. The number of piperidine rings is 1. The first-order valence-electron chi connectivity index (χ1n) is 11.6. The number of anilines is 1. The Bertz CT molecular complexity index is 1210. The first-order chi connectivity index (χ1) is 15.9. The van der Waals surface area contributed by atoms with Gasteiger partial charge in [0, 0.05) is 69.0 Å². The average Bonchev–Trinajstić information content (AvgIpc) is 3.42. The molecule has 2 amide bonds. The Balaban J connectivity index is 1.30. The van der Waals surface area contributed by atoms with Gasteiger partial charge in [0.25, 0.3) is 5.91 Å². The Hall–Kier alpha value is -3.42. The van der Waals surface area contributed by atoms with Crippen LogP contribution in [0.3, 0.4) is 0 Å². The van der Waals surface area contributed by atoms with Gasteiger partial charge in [-0.2, -0.15) is 0 Å². The average molecular weight is 447 g/mol. The van der Waals surface area contributed by atoms with Crippen LogP contribution in [0.15, 0.2) is 30.3 Å². The van der Waals surface area contributed by atoms with E-state index >= 15 is 0 Å². The number of aromatic amines is 1. The highest BCUT2D eigenvalue weighted by Gasteiger charge is 2.31. The smallest absolute Gasteiger partial charge is 0.270 e. The SMILES string of the molecule is CNc1cc([C@@H]2CC(=O)N(C)C2)nc(C2CCN(C(=O)c3cc4c(C)cccc4[nH]3)CC2)n1. The van der Waals surface area contributed by atoms with Gasteiger partial charge >= 0.3 is 0 Å². The van der Waals surface area contributed by atoms with Gasteiger partial charge < -0.3 is 20.1 Å². The largest absolute Gasteiger partial charge is 0.373 e. The zero-order valence-corrected chi connectivity index (χ0v) is 19.4. The third kappa shape index (κ3) is 4.05. The number of nitrogens with one attached hydrogen (secondary N) is 2. The van der Waals surface area contributed by atoms with Crippen LogP contribution in [-0.2, 0) is 4.79 Å². The van der Waals surface area contributed by atoms with Gasteiger partial charge in [-0.25, -0.2) is 9.97 Å². The fourth-order valence-electron chi connectivity index (χ4n) is 5.00. The number of fused-ring (bicyclic) bond motifs is 1. The van der Waals surface area contributed by atoms with E-state index in [2.05, 4.69) is 23.3 Å². The predicted molar refractivity (Wildman–Crippen MR) is 127 cm³/mol. The Labute approximate surface area is 193 Å². The number of carbonyl (C=O) groups is 2. The topological polar surface area (TPSA) is 94.2 Å². The summed E-state index contributed by atoms with van der Waals surface area (Å²) in [5.41, 5.74) is 3.72. The molecule has 0 radical (unpaired) electrons. The van der Waals surface area contributed by atoms with Crippen LogP contribution in [0.5, 0.6) is 0 Å². The van der Waals surface area contributed by atoms with E-state index < -0.39 is 0 Å². The molecule has 0 unspecified atom stereocenters. The molecule has 4 heterocycles. The van der Waals surface area contributed by atoms with Gasteiger partial charge in [-0.15, -0.1) is 0 Å². The molecule has 2 fully saturated rings. The number of nitrogens with zero attached hydrogens (tertiary/aromatic N) is 4. The van der Waals surface area contributed by atoms with Crippen molar-refractivity contribution in [2.24, 2.45) is 0 Å². The van der Waals surface area contributed by atoms with Gasteiger partial charge in [0.2, 0.25) is 5.91 Å². The van der Waals surface area contributed by atoms with E-state index in [1.807, 2.05) is 43.3 Å². The zero-order valence-electron chi connectivity index (χ0n) is 19.4. The maximum Gasteiger partial charge on any atom is 0.270 e. The minimum atomic E-state index is 0.0436. The molecule has 8 nitrogen and oxygen atoms in total. The second kappa shape index (κ2) is 8.50. The number of amides is 2. The molecule has 33 heavy (non-hydrogen) atoms. The van der Waals surface area contributed by atoms with E-state index in [4.69, 9.17) is 9.97 Å². The van der Waals surface area contributed by atoms with Crippen LogP contribution in [0, 0.1) is 6.92 Å². The Kier molecular flexibility index (Phi) is 5.52. The van der Waals surface area contributed by atoms with E-state index in [1.54, 1.807) is 4.90 Å². The molecule has 8 heteroatoms. The van der Waals surface area contributed by atoms with E-state index in [-0.39, 0.29) is 23.7 Å². The van der Waals surface area contributed by atoms with Gasteiger partial charge in [0.1, 0.15) is 17.3 Å². The van der Waals surface area contributed by atoms with Crippen LogP contribution in [-0.4, -0.2) is 70.3 Å². The molecule has 0 aliphatic carbocycles. The summed E-state index contributed by atoms with van der Waals surface area (Å²) in [6.07, 6.45) is 2.13. The van der Waals surface area contributed by atoms with Gasteiger partial charge in [-0.1, -0.05) is 12.1 Å². The molecule has 2 aliphatic heterocycles. The molecule has 5 rings (SSSR count). The molecule has 172 valence electrons. The summed E-state index contributed by atoms with van der Waals surface area (Å²) in [5, 5.41) is 4.23. The number of likely N-dealkylation sites (tertiary alicyclic amines) is 2. The number of likely N-dealkylation sites (N-methyl/N-ethyl adjacent to an activating group) is 1. The summed E-state index contributed by atoms with van der Waals surface area (Å²) in [6.45, 7) is 4.09. The number of rotatable bonds is 4. The van der Waals surface area contributed by atoms with Crippen molar-refractivity contribution in [2.45, 2.75) is 38.0 Å². The summed E-state index contributed by atoms with van der Waals surface area (Å²) < 4.78 is 0. The summed E-state index contributed by atoms with van der Waals surface area (Å²) in [6, 6.07) is 9.98. The van der Waals surface area contributed by atoms with Gasteiger partial charge in [-0.05, 0) is 37.5 Å². The van der Waals surface area contributed by atoms with E-state index in [0.717, 1.165) is 46.6 Å². The van der Waals surface area contributed by atoms with Crippen molar-refractivity contribution in [3.05, 3.63) is 53.1 Å². The first kappa shape index (κ1) is 21.4. The standard InChI is InChI=1S/C25H30N6O2/c1-15-5-4-6-19-18(15)12-21(27-19)25(33)31-9-7-16(8-10-31)24-28-20(13-22(26-2)29-24)17-11-23(32)30(3)14-17/h4-6,12-13,16-17,27H,7-11,14H2,1-3H3,(H,26,28,29)/t17-/m1/s1. The van der Waals surface area contributed by atoms with E-state index in [0.29, 0.717) is 31.7 Å². The summed E-state index contributed by atoms with van der Waals surface area (Å²) >= 11 is 0. The number of aryl methyl sites for hydroxylation is 1. The highest BCUT2D eigenvalue weighted by Crippen LogP contribution is 2.32. The number of aromatic nitrogens is 3. The fourth-order valence-corrected chi connectivity index (χ4v) is 5.00. The maximum absolute atomic E-state index is 13.1. The fraction of sp³-hybridized carbons (Fsp3) is 0.440. The molecular weight excluding hydrogens is 416 g/mol. The maximum atomic E-state index is 13.1. The van der Waals surface area contributed by atoms with Crippen molar-refractivity contribution in [3.63, 3.8) is 0 Å². The summed E-state index contributed by atoms with van der Waals surface area (Å²) in [4.78, 5) is 41.7. The lowest BCUT2D eigenvalue weighted by Gasteiger charge is -2.31. The number of benzene rings is 1. The normalized spacial score (nSPS) is 19.5. The van der Waals surface area contributed by atoms with Gasteiger partial charge in [-0.3, -0.25) is 9.59 Å². The molecule has 2 saturated heterocycles. The Morgan fingerprint density at radius 3 is 2.61 bits per heavy atom. The van der Waals surface area contributed by atoms with Crippen LogP contribution >= 0.6 is 0 Å². The highest BCUT2D eigenvalue weighted by atomic mass is 16.2. The van der Waals surface area contributed by atoms with Crippen LogP contribution in [0.25, 0.3) is 10.9 Å². The highest BCUT2D eigenvalue weighted by molar-refractivity contribution is 5.98. The second-order valence-corrected chi connectivity index (χ2v) is 9.25. The first-order valence-corrected chi connectivity index (χ1v) is 11.6. The van der Waals surface area contributed by atoms with E-state index in [9.17, 15) is 9.59 Å². The van der Waals surface area contributed by atoms with Crippen LogP contribution in [0.2, 0.25) is 0 Å². The molecule has 0 saturated carbocycles. The molecular formula is C25H30N6O2. The number of H-pyrrole nitrogens is 1. The van der Waals surface area contributed by atoms with Crippen LogP contribution in [0.1, 0.15) is 58.7 Å². The van der Waals surface area contributed by atoms with Crippen molar-refractivity contribution in [2.75, 3.05) is 39.0 Å². The molecule has 0 bridgehead atoms. The van der Waals surface area contributed by atoms with Crippen LogP contribution < -0.4 is 5.32 Å². The van der Waals surface area contributed by atoms with Gasteiger partial charge in [0.15, 0.2) is 0 Å². The third-order valence-electron chi connectivity index (χ3n) is 7.04. The third-order valence-corrected chi connectivity index (χ3v) is 7.04. The molecule has 1 aromatic carbocycles. The molecule has 0 spiro atoms. The molecule has 1 atom stereocenters. The summed E-state index contributed by atoms with van der Waals surface area (Å²) in [5.74, 6) is 2.09. The lowest BCUT2D eigenvalue weighted by atomic mass is 9.95. The molecule has 3 aromatic rings. The molecule has 2 aromatic heterocycles. The Morgan fingerprint density at radius 1 is 1.15 bits per heavy atom. The van der Waals surface area contributed by atoms with Gasteiger partial charge in [0.05, 0.1) is 5.69 Å². The van der Waals surface area contributed by atoms with Crippen molar-refractivity contribution >= 4 is 28.5 Å². The number of carbonyl (C=O) groups excluding carboxylic acids is 2. The van der Waals surface area contributed by atoms with Crippen LogP contribution in [0.4, 0.5) is 5.82 Å². The van der Waals surface area contributed by atoms with Crippen molar-refractivity contribution in [1.82, 2.24) is 24.8 Å². The number of hydrogen-bond acceptors (Lipinski definition) is 5. The number of hydrogen-bond donors (Lipinski definition) is 2. The van der Waals surface area contributed by atoms with Crippen molar-refractivity contribution in [3.8, 4) is 0 Å². The molecule has 2 aliphatic rings. The van der Waals surface area contributed by atoms with Crippen molar-refractivity contribution < 1.29 is 9.59 Å². The lowest BCUT2D eigenvalue weighted by Crippen LogP contribution is -2.38. The summed E-state index contributed by atoms with van der Waals surface area (Å²) in [7, 11) is 3.69. The second-order valence-electron chi connectivity index (χ2n) is 9.25. The lowest BCUT2D eigenvalue weighted by molar-refractivity contribution is -0.126. The Morgan fingerprint density at radius 2 is 1.94 bits per heavy atom. The zero-order chi connectivity index (χ0) is 23.1. The quantitative estimate of drug-likeness (QED) is 0.642. The predicted octanol–water partition coefficient (Wildman–Crippen LogP) is 3.27.